The van der Waals surface area contributed by atoms with E-state index in [4.69, 9.17) is 25.8 Å². The fourth-order valence-corrected chi connectivity index (χ4v) is 2.46. The van der Waals surface area contributed by atoms with Crippen molar-refractivity contribution >= 4 is 28.3 Å². The van der Waals surface area contributed by atoms with E-state index in [0.717, 1.165) is 12.8 Å². The third kappa shape index (κ3) is 3.85. The molecule has 0 aliphatic rings. The first kappa shape index (κ1) is 18.2. The maximum atomic E-state index is 11.6. The summed E-state index contributed by atoms with van der Waals surface area (Å²) in [5, 5.41) is 12.1. The molecule has 0 aromatic heterocycles. The monoisotopic (exact) mass is 352 g/mol. The smallest absolute Gasteiger partial charge is 0.308 e. The highest BCUT2D eigenvalue weighted by molar-refractivity contribution is 6.31. The highest BCUT2D eigenvalue weighted by Crippen LogP contribution is 2.51. The second kappa shape index (κ2) is 8.11. The lowest BCUT2D eigenvalue weighted by Crippen LogP contribution is -2.08. The predicted molar refractivity (Wildman–Crippen MR) is 93.5 cm³/mol. The molecule has 0 bridgehead atoms. The van der Waals surface area contributed by atoms with Crippen LogP contribution in [0.4, 0.5) is 0 Å². The second-order valence-corrected chi connectivity index (χ2v) is 5.75. The van der Waals surface area contributed by atoms with Gasteiger partial charge in [0.25, 0.3) is 0 Å². The molecule has 0 radical (unpaired) electrons. The third-order valence-electron chi connectivity index (χ3n) is 3.26. The molecule has 0 amide bonds. The molecule has 0 atom stereocenters. The van der Waals surface area contributed by atoms with Crippen molar-refractivity contribution in [3.8, 4) is 23.0 Å². The zero-order valence-electron chi connectivity index (χ0n) is 14.0. The number of hydrogen-bond acceptors (Lipinski definition) is 5. The van der Waals surface area contributed by atoms with E-state index in [9.17, 15) is 9.90 Å². The van der Waals surface area contributed by atoms with Gasteiger partial charge in [0.1, 0.15) is 0 Å². The summed E-state index contributed by atoms with van der Waals surface area (Å²) in [5.41, 5.74) is 0. The van der Waals surface area contributed by atoms with E-state index >= 15 is 0 Å². The number of esters is 1. The van der Waals surface area contributed by atoms with Crippen LogP contribution in [0.25, 0.3) is 10.8 Å². The van der Waals surface area contributed by atoms with Crippen LogP contribution in [0.1, 0.15) is 33.6 Å². The molecule has 24 heavy (non-hydrogen) atoms. The molecule has 130 valence electrons. The number of aromatic hydroxyl groups is 1. The molecule has 0 aliphatic carbocycles. The molecule has 5 nitrogen and oxygen atoms in total. The Labute approximate surface area is 146 Å². The summed E-state index contributed by atoms with van der Waals surface area (Å²) in [6.45, 7) is 6.01. The number of hydrogen-bond donors (Lipinski definition) is 1. The number of phenolic OH excluding ortho intramolecular Hbond substituents is 1. The number of fused-ring (bicyclic) bond motifs is 1. The molecule has 0 saturated heterocycles. The Morgan fingerprint density at radius 2 is 1.67 bits per heavy atom. The van der Waals surface area contributed by atoms with Gasteiger partial charge in [0, 0.05) is 22.7 Å². The number of rotatable bonds is 7. The summed E-state index contributed by atoms with van der Waals surface area (Å²) in [5.74, 6) is 0.0540. The summed E-state index contributed by atoms with van der Waals surface area (Å²) >= 11 is 6.04. The number of ether oxygens (including phenoxy) is 3. The van der Waals surface area contributed by atoms with Crippen LogP contribution < -0.4 is 14.2 Å². The van der Waals surface area contributed by atoms with Gasteiger partial charge < -0.3 is 19.3 Å². The molecule has 0 unspecified atom stereocenters. The number of halogens is 1. The van der Waals surface area contributed by atoms with Crippen molar-refractivity contribution in [3.63, 3.8) is 0 Å². The zero-order chi connectivity index (χ0) is 17.7. The molecule has 0 spiro atoms. The van der Waals surface area contributed by atoms with Crippen molar-refractivity contribution in [2.24, 2.45) is 0 Å². The van der Waals surface area contributed by atoms with Gasteiger partial charge >= 0.3 is 5.97 Å². The summed E-state index contributed by atoms with van der Waals surface area (Å²) < 4.78 is 16.8. The Hall–Kier alpha value is -2.14. The van der Waals surface area contributed by atoms with E-state index in [0.29, 0.717) is 29.0 Å². The molecule has 1 N–H and O–H groups in total. The summed E-state index contributed by atoms with van der Waals surface area (Å²) in [6.07, 6.45) is 1.51. The Bertz CT molecular complexity index is 742. The normalized spacial score (nSPS) is 10.7. The van der Waals surface area contributed by atoms with Gasteiger partial charge in [-0.1, -0.05) is 25.4 Å². The highest BCUT2D eigenvalue weighted by atomic mass is 35.5. The van der Waals surface area contributed by atoms with Crippen molar-refractivity contribution in [2.45, 2.75) is 33.6 Å². The van der Waals surface area contributed by atoms with Crippen LogP contribution in [-0.2, 0) is 4.79 Å². The van der Waals surface area contributed by atoms with Gasteiger partial charge in [-0.25, -0.2) is 0 Å². The average molecular weight is 353 g/mol. The molecule has 2 aromatic rings. The fraction of sp³-hybridized carbons (Fsp3) is 0.389. The standard InChI is InChI=1S/C18H21ClO5/c1-4-8-22-17-15(21)14-10-12(19)6-7-13(14)16(24-11(3)20)18(17)23-9-5-2/h6-7,10,21H,4-5,8-9H2,1-3H3. The van der Waals surface area contributed by atoms with Crippen LogP contribution in [0, 0.1) is 0 Å². The van der Waals surface area contributed by atoms with E-state index < -0.39 is 5.97 Å². The molecule has 2 rings (SSSR count). The lowest BCUT2D eigenvalue weighted by Gasteiger charge is -2.19. The van der Waals surface area contributed by atoms with E-state index in [1.54, 1.807) is 18.2 Å². The van der Waals surface area contributed by atoms with Gasteiger partial charge in [0.2, 0.25) is 11.5 Å². The van der Waals surface area contributed by atoms with E-state index in [1.807, 2.05) is 13.8 Å². The summed E-state index contributed by atoms with van der Waals surface area (Å²) in [4.78, 5) is 11.6. The minimum absolute atomic E-state index is 0.0806. The molecule has 0 saturated carbocycles. The highest BCUT2D eigenvalue weighted by Gasteiger charge is 2.24. The Morgan fingerprint density at radius 1 is 1.04 bits per heavy atom. The van der Waals surface area contributed by atoms with E-state index in [2.05, 4.69) is 0 Å². The van der Waals surface area contributed by atoms with Gasteiger partial charge in [0.15, 0.2) is 11.5 Å². The maximum absolute atomic E-state index is 11.6. The predicted octanol–water partition coefficient (Wildman–Crippen LogP) is 4.70. The van der Waals surface area contributed by atoms with Crippen LogP contribution in [0.5, 0.6) is 23.0 Å². The summed E-state index contributed by atoms with van der Waals surface area (Å²) in [6, 6.07) is 4.94. The van der Waals surface area contributed by atoms with E-state index in [1.165, 1.54) is 6.92 Å². The average Bonchev–Trinajstić information content (AvgIpc) is 2.54. The zero-order valence-corrected chi connectivity index (χ0v) is 14.8. The lowest BCUT2D eigenvalue weighted by molar-refractivity contribution is -0.131. The Kier molecular flexibility index (Phi) is 6.15. The Morgan fingerprint density at radius 3 is 2.25 bits per heavy atom. The largest absolute Gasteiger partial charge is 0.504 e. The molecular formula is C18H21ClO5. The van der Waals surface area contributed by atoms with Crippen LogP contribution >= 0.6 is 11.6 Å². The Balaban J connectivity index is 2.76. The van der Waals surface area contributed by atoms with Crippen molar-refractivity contribution in [2.75, 3.05) is 13.2 Å². The van der Waals surface area contributed by atoms with E-state index in [-0.39, 0.29) is 23.0 Å². The minimum atomic E-state index is -0.486. The topological polar surface area (TPSA) is 65.0 Å². The number of carbonyl (C=O) groups is 1. The van der Waals surface area contributed by atoms with Crippen molar-refractivity contribution in [1.82, 2.24) is 0 Å². The van der Waals surface area contributed by atoms with Crippen LogP contribution in [-0.4, -0.2) is 24.3 Å². The summed E-state index contributed by atoms with van der Waals surface area (Å²) in [7, 11) is 0. The number of phenols is 1. The first-order valence-corrected chi connectivity index (χ1v) is 8.29. The maximum Gasteiger partial charge on any atom is 0.308 e. The van der Waals surface area contributed by atoms with Crippen LogP contribution in [0.2, 0.25) is 5.02 Å². The molecule has 0 aliphatic heterocycles. The van der Waals surface area contributed by atoms with Gasteiger partial charge in [-0.3, -0.25) is 4.79 Å². The second-order valence-electron chi connectivity index (χ2n) is 5.32. The third-order valence-corrected chi connectivity index (χ3v) is 3.49. The lowest BCUT2D eigenvalue weighted by atomic mass is 10.1. The van der Waals surface area contributed by atoms with Crippen molar-refractivity contribution in [1.29, 1.82) is 0 Å². The first-order chi connectivity index (χ1) is 11.5. The fourth-order valence-electron chi connectivity index (χ4n) is 2.28. The van der Waals surface area contributed by atoms with Gasteiger partial charge in [0.05, 0.1) is 13.2 Å². The van der Waals surface area contributed by atoms with Crippen molar-refractivity contribution < 1.29 is 24.1 Å². The first-order valence-electron chi connectivity index (χ1n) is 7.91. The number of benzene rings is 2. The van der Waals surface area contributed by atoms with Gasteiger partial charge in [-0.05, 0) is 31.0 Å². The number of carbonyl (C=O) groups excluding carboxylic acids is 1. The molecular weight excluding hydrogens is 332 g/mol. The SMILES string of the molecule is CCCOc1c(OCCC)c(OC(C)=O)c2ccc(Cl)cc2c1O. The molecule has 0 fully saturated rings. The van der Waals surface area contributed by atoms with Crippen LogP contribution in [0.3, 0.4) is 0 Å². The van der Waals surface area contributed by atoms with Crippen molar-refractivity contribution in [3.05, 3.63) is 23.2 Å². The quantitative estimate of drug-likeness (QED) is 0.578. The molecule has 6 heteroatoms. The minimum Gasteiger partial charge on any atom is -0.504 e. The molecule has 2 aromatic carbocycles. The molecule has 0 heterocycles. The van der Waals surface area contributed by atoms with Gasteiger partial charge in [-0.15, -0.1) is 0 Å². The van der Waals surface area contributed by atoms with Gasteiger partial charge in [-0.2, -0.15) is 0 Å². The van der Waals surface area contributed by atoms with Crippen LogP contribution in [0.15, 0.2) is 18.2 Å².